The summed E-state index contributed by atoms with van der Waals surface area (Å²) in [6, 6.07) is 32.5. The number of aliphatic hydroxyl groups is 1. The molecule has 0 aliphatic heterocycles. The van der Waals surface area contributed by atoms with Crippen LogP contribution in [0.1, 0.15) is 34.0 Å². The summed E-state index contributed by atoms with van der Waals surface area (Å²) in [5.41, 5.74) is 5.19. The van der Waals surface area contributed by atoms with Crippen LogP contribution in [-0.4, -0.2) is 29.8 Å². The SMILES string of the molecule is COc1cc2c(cc1NCC(=Cc1ccc(C(=O)O)cc1)CC(O)c1cccc3ccccc13)oc1ccccc12. The second kappa shape index (κ2) is 11.2. The average Bonchev–Trinajstić information content (AvgIpc) is 3.36. The minimum atomic E-state index is -0.970. The third-order valence-corrected chi connectivity index (χ3v) is 7.37. The fraction of sp³-hybridized carbons (Fsp3) is 0.114. The smallest absolute Gasteiger partial charge is 0.335 e. The highest BCUT2D eigenvalue weighted by atomic mass is 16.5. The molecule has 6 aromatic rings. The molecule has 6 nitrogen and oxygen atoms in total. The van der Waals surface area contributed by atoms with E-state index in [0.717, 1.165) is 55.1 Å². The summed E-state index contributed by atoms with van der Waals surface area (Å²) in [6.07, 6.45) is 1.61. The molecule has 1 unspecified atom stereocenters. The van der Waals surface area contributed by atoms with Crippen molar-refractivity contribution in [3.63, 3.8) is 0 Å². The van der Waals surface area contributed by atoms with Crippen LogP contribution in [-0.2, 0) is 0 Å². The van der Waals surface area contributed by atoms with Crippen LogP contribution in [0, 0.1) is 0 Å². The van der Waals surface area contributed by atoms with Gasteiger partial charge in [0.2, 0.25) is 0 Å². The van der Waals surface area contributed by atoms with Gasteiger partial charge in [0, 0.05) is 29.8 Å². The van der Waals surface area contributed by atoms with Crippen molar-refractivity contribution in [2.45, 2.75) is 12.5 Å². The lowest BCUT2D eigenvalue weighted by atomic mass is 9.95. The van der Waals surface area contributed by atoms with E-state index >= 15 is 0 Å². The molecule has 1 aromatic heterocycles. The first-order chi connectivity index (χ1) is 20.0. The zero-order valence-corrected chi connectivity index (χ0v) is 22.5. The molecule has 0 aliphatic carbocycles. The fourth-order valence-corrected chi connectivity index (χ4v) is 5.31. The molecule has 0 amide bonds. The van der Waals surface area contributed by atoms with E-state index in [1.54, 1.807) is 31.4 Å². The third kappa shape index (κ3) is 5.38. The molecule has 0 spiro atoms. The van der Waals surface area contributed by atoms with E-state index in [9.17, 15) is 15.0 Å². The number of carbonyl (C=O) groups is 1. The molecule has 0 saturated heterocycles. The highest BCUT2D eigenvalue weighted by molar-refractivity contribution is 6.06. The molecule has 41 heavy (non-hydrogen) atoms. The normalized spacial score (nSPS) is 12.6. The summed E-state index contributed by atoms with van der Waals surface area (Å²) < 4.78 is 11.8. The van der Waals surface area contributed by atoms with Crippen molar-refractivity contribution >= 4 is 50.4 Å². The Morgan fingerprint density at radius 2 is 1.61 bits per heavy atom. The minimum Gasteiger partial charge on any atom is -0.495 e. The molecule has 0 aliphatic rings. The molecule has 1 heterocycles. The van der Waals surface area contributed by atoms with Gasteiger partial charge in [-0.05, 0) is 51.7 Å². The van der Waals surface area contributed by atoms with Gasteiger partial charge in [0.25, 0.3) is 0 Å². The first-order valence-electron chi connectivity index (χ1n) is 13.4. The van der Waals surface area contributed by atoms with Crippen LogP contribution < -0.4 is 10.1 Å². The van der Waals surface area contributed by atoms with E-state index in [1.807, 2.05) is 84.9 Å². The number of benzene rings is 5. The zero-order chi connectivity index (χ0) is 28.3. The average molecular weight is 544 g/mol. The van der Waals surface area contributed by atoms with Gasteiger partial charge in [-0.2, -0.15) is 0 Å². The summed E-state index contributed by atoms with van der Waals surface area (Å²) in [6.45, 7) is 0.421. The second-order valence-electron chi connectivity index (χ2n) is 10.0. The van der Waals surface area contributed by atoms with E-state index in [-0.39, 0.29) is 5.56 Å². The Kier molecular flexibility index (Phi) is 7.15. The standard InChI is InChI=1S/C35H29NO5/c1-40-34-19-29-28-10-4-5-12-32(28)41-33(29)20-30(34)36-21-23(17-22-13-15-25(16-14-22)35(38)39)18-31(37)27-11-6-8-24-7-2-3-9-26(24)27/h2-17,19-20,31,36-37H,18,21H2,1H3,(H,38,39). The van der Waals surface area contributed by atoms with Crippen LogP contribution in [0.2, 0.25) is 0 Å². The van der Waals surface area contributed by atoms with Crippen molar-refractivity contribution in [1.82, 2.24) is 0 Å². The topological polar surface area (TPSA) is 91.9 Å². The maximum atomic E-state index is 11.4. The fourth-order valence-electron chi connectivity index (χ4n) is 5.31. The van der Waals surface area contributed by atoms with Crippen LogP contribution in [0.5, 0.6) is 5.75 Å². The number of anilines is 1. The van der Waals surface area contributed by atoms with Gasteiger partial charge in [-0.15, -0.1) is 0 Å². The summed E-state index contributed by atoms with van der Waals surface area (Å²) in [4.78, 5) is 11.3. The summed E-state index contributed by atoms with van der Waals surface area (Å²) in [7, 11) is 1.64. The number of aromatic carboxylic acids is 1. The number of rotatable bonds is 9. The molecule has 0 saturated carbocycles. The number of nitrogens with one attached hydrogen (secondary N) is 1. The number of carboxylic acid groups (broad SMARTS) is 1. The molecule has 3 N–H and O–H groups in total. The lowest BCUT2D eigenvalue weighted by Gasteiger charge is -2.18. The number of carboxylic acids is 1. The Labute approximate surface area is 237 Å². The quantitative estimate of drug-likeness (QED) is 0.171. The third-order valence-electron chi connectivity index (χ3n) is 7.37. The largest absolute Gasteiger partial charge is 0.495 e. The van der Waals surface area contributed by atoms with Crippen LogP contribution in [0.4, 0.5) is 5.69 Å². The van der Waals surface area contributed by atoms with Crippen molar-refractivity contribution in [2.75, 3.05) is 19.0 Å². The van der Waals surface area contributed by atoms with Crippen LogP contribution in [0.15, 0.2) is 113 Å². The Bertz CT molecular complexity index is 1900. The molecule has 204 valence electrons. The van der Waals surface area contributed by atoms with Gasteiger partial charge >= 0.3 is 5.97 Å². The highest BCUT2D eigenvalue weighted by Crippen LogP contribution is 2.37. The van der Waals surface area contributed by atoms with Gasteiger partial charge in [0.05, 0.1) is 24.5 Å². The highest BCUT2D eigenvalue weighted by Gasteiger charge is 2.16. The lowest BCUT2D eigenvalue weighted by molar-refractivity contribution is 0.0697. The summed E-state index contributed by atoms with van der Waals surface area (Å²) in [5, 5.41) is 28.3. The first kappa shape index (κ1) is 26.2. The van der Waals surface area contributed by atoms with Gasteiger partial charge in [-0.1, -0.05) is 78.9 Å². The van der Waals surface area contributed by atoms with Crippen LogP contribution in [0.3, 0.4) is 0 Å². The summed E-state index contributed by atoms with van der Waals surface area (Å²) >= 11 is 0. The van der Waals surface area contributed by atoms with Crippen molar-refractivity contribution in [3.8, 4) is 5.75 Å². The number of hydrogen-bond donors (Lipinski definition) is 3. The van der Waals surface area contributed by atoms with Gasteiger partial charge < -0.3 is 24.7 Å². The minimum absolute atomic E-state index is 0.224. The van der Waals surface area contributed by atoms with Crippen molar-refractivity contribution in [2.24, 2.45) is 0 Å². The molecule has 0 radical (unpaired) electrons. The van der Waals surface area contributed by atoms with Crippen molar-refractivity contribution in [1.29, 1.82) is 0 Å². The van der Waals surface area contributed by atoms with Gasteiger partial charge in [-0.3, -0.25) is 0 Å². The number of para-hydroxylation sites is 1. The van der Waals surface area contributed by atoms with Crippen molar-refractivity contribution in [3.05, 3.63) is 125 Å². The molecule has 5 aromatic carbocycles. The monoisotopic (exact) mass is 543 g/mol. The molecule has 6 rings (SSSR count). The van der Waals surface area contributed by atoms with Crippen molar-refractivity contribution < 1.29 is 24.2 Å². The maximum Gasteiger partial charge on any atom is 0.335 e. The number of methoxy groups -OCH3 is 1. The Hall–Kier alpha value is -5.07. The van der Waals surface area contributed by atoms with Crippen LogP contribution in [0.25, 0.3) is 38.8 Å². The Morgan fingerprint density at radius 3 is 2.39 bits per heavy atom. The second-order valence-corrected chi connectivity index (χ2v) is 10.0. The zero-order valence-electron chi connectivity index (χ0n) is 22.5. The Morgan fingerprint density at radius 1 is 0.878 bits per heavy atom. The summed E-state index contributed by atoms with van der Waals surface area (Å²) in [5.74, 6) is -0.286. The molecular weight excluding hydrogens is 514 g/mol. The first-order valence-corrected chi connectivity index (χ1v) is 13.4. The lowest BCUT2D eigenvalue weighted by Crippen LogP contribution is -2.10. The van der Waals surface area contributed by atoms with Gasteiger partial charge in [-0.25, -0.2) is 4.79 Å². The predicted octanol–water partition coefficient (Wildman–Crippen LogP) is 8.07. The predicted molar refractivity (Wildman–Crippen MR) is 164 cm³/mol. The van der Waals surface area contributed by atoms with E-state index in [1.165, 1.54) is 0 Å². The number of ether oxygens (including phenoxy) is 1. The number of aliphatic hydroxyl groups excluding tert-OH is 1. The van der Waals surface area contributed by atoms with E-state index in [2.05, 4.69) is 5.32 Å². The van der Waals surface area contributed by atoms with Crippen LogP contribution >= 0.6 is 0 Å². The number of furan rings is 1. The number of fused-ring (bicyclic) bond motifs is 4. The number of hydrogen-bond acceptors (Lipinski definition) is 5. The van der Waals surface area contributed by atoms with E-state index in [0.29, 0.717) is 18.7 Å². The van der Waals surface area contributed by atoms with Gasteiger partial charge in [0.15, 0.2) is 0 Å². The molecule has 0 fully saturated rings. The van der Waals surface area contributed by atoms with Gasteiger partial charge in [0.1, 0.15) is 16.9 Å². The molecule has 1 atom stereocenters. The van der Waals surface area contributed by atoms with E-state index in [4.69, 9.17) is 9.15 Å². The molecular formula is C35H29NO5. The maximum absolute atomic E-state index is 11.4. The Balaban J connectivity index is 1.33. The molecule has 6 heteroatoms. The molecule has 0 bridgehead atoms. The van der Waals surface area contributed by atoms with E-state index < -0.39 is 12.1 Å².